The van der Waals surface area contributed by atoms with Crippen LogP contribution < -0.4 is 25.4 Å². The fraction of sp³-hybridized carbons (Fsp3) is 0.0882. The lowest BCUT2D eigenvalue weighted by molar-refractivity contribution is -0.136. The van der Waals surface area contributed by atoms with Crippen LogP contribution in [0.2, 0.25) is 10.0 Å². The summed E-state index contributed by atoms with van der Waals surface area (Å²) in [7, 11) is -4.25. The molecule has 0 aliphatic heterocycles. The van der Waals surface area contributed by atoms with Crippen molar-refractivity contribution in [2.45, 2.75) is 17.7 Å². The smallest absolute Gasteiger partial charge is 0.337 e. The number of aliphatic hydroxyl groups excluding tert-OH is 1. The number of aromatic carboxylic acids is 1. The molecule has 0 atom stereocenters. The van der Waals surface area contributed by atoms with Gasteiger partial charge in [0.05, 0.1) is 35.0 Å². The number of anilines is 3. The maximum absolute atomic E-state index is 13.1. The highest BCUT2D eigenvalue weighted by molar-refractivity contribution is 7.92. The first kappa shape index (κ1) is 38.3. The van der Waals surface area contributed by atoms with Crippen molar-refractivity contribution in [3.8, 4) is 11.4 Å². The van der Waals surface area contributed by atoms with Gasteiger partial charge in [0, 0.05) is 27.8 Å². The molecule has 19 heteroatoms. The summed E-state index contributed by atoms with van der Waals surface area (Å²) in [6.45, 7) is -0.614. The van der Waals surface area contributed by atoms with Gasteiger partial charge in [-0.05, 0) is 78.4 Å². The Labute approximate surface area is 311 Å². The van der Waals surface area contributed by atoms with E-state index in [9.17, 15) is 42.9 Å². The van der Waals surface area contributed by atoms with Crippen LogP contribution in [0.1, 0.15) is 27.8 Å². The van der Waals surface area contributed by atoms with Crippen molar-refractivity contribution >= 4 is 74.0 Å². The number of nitrogens with zero attached hydrogens (tertiary/aromatic N) is 2. The van der Waals surface area contributed by atoms with Gasteiger partial charge in [0.2, 0.25) is 0 Å². The molecule has 0 radical (unpaired) electrons. The number of carbonyl (C=O) groups is 4. The lowest BCUT2D eigenvalue weighted by Gasteiger charge is -2.15. The number of carboxylic acids is 1. The Hall–Kier alpha value is -5.98. The lowest BCUT2D eigenvalue weighted by atomic mass is 10.1. The summed E-state index contributed by atoms with van der Waals surface area (Å²) in [5.74, 6) is -4.40. The Balaban J connectivity index is 1.19. The van der Waals surface area contributed by atoms with Gasteiger partial charge >= 0.3 is 17.8 Å². The number of halogens is 2. The van der Waals surface area contributed by atoms with Crippen molar-refractivity contribution in [2.75, 3.05) is 22.0 Å². The third-order valence-electron chi connectivity index (χ3n) is 7.23. The first-order valence-electron chi connectivity index (χ1n) is 15.2. The monoisotopic (exact) mass is 782 g/mol. The van der Waals surface area contributed by atoms with Crippen molar-refractivity contribution in [1.82, 2.24) is 15.1 Å². The first-order valence-corrected chi connectivity index (χ1v) is 17.4. The summed E-state index contributed by atoms with van der Waals surface area (Å²) in [6.07, 6.45) is 0.212. The molecule has 0 spiro atoms. The molecular weight excluding hydrogens is 755 g/mol. The molecule has 274 valence electrons. The maximum Gasteiger partial charge on any atom is 0.337 e. The standard InChI is InChI=1S/C34H28Cl2N6O10S/c35-20-3-1-19(2-4-20)15-37-31(44)32(45)40-28-11-7-22(13-26(28)33(46)47)39-30(43)18-52-24-10-12-29(27(14-24)34(48)49)41-53(50,51)25-16-38-42(17-25)23-8-5-21(36)6-9-23/h1-14,16-17,34,41,48-49H,15,18H2,(H,37,44)(H,39,43)(H,40,45)(H,46,47). The molecule has 7 N–H and O–H groups in total. The SMILES string of the molecule is O=C(COc1ccc(NS(=O)(=O)c2cnn(-c3ccc(Cl)cc3)c2)c(C(O)O)c1)Nc1ccc(NC(=O)C(=O)NCc2ccc(Cl)cc2)c(C(=O)O)c1. The van der Waals surface area contributed by atoms with Gasteiger partial charge in [-0.25, -0.2) is 17.9 Å². The quantitative estimate of drug-likeness (QED) is 0.0667. The van der Waals surface area contributed by atoms with Crippen LogP contribution in [0.3, 0.4) is 0 Å². The molecule has 0 aliphatic rings. The molecular formula is C34H28Cl2N6O10S. The second kappa shape index (κ2) is 16.6. The Morgan fingerprint density at radius 1 is 0.830 bits per heavy atom. The van der Waals surface area contributed by atoms with E-state index in [1.165, 1.54) is 35.1 Å². The molecule has 4 aromatic carbocycles. The summed E-state index contributed by atoms with van der Waals surface area (Å²) < 4.78 is 35.2. The summed E-state index contributed by atoms with van der Waals surface area (Å²) in [4.78, 5) is 49.1. The second-order valence-corrected chi connectivity index (χ2v) is 13.5. The molecule has 1 aromatic heterocycles. The van der Waals surface area contributed by atoms with Crippen LogP contribution in [0, 0.1) is 0 Å². The Bertz CT molecular complexity index is 2280. The van der Waals surface area contributed by atoms with Crippen LogP contribution in [0.25, 0.3) is 5.69 Å². The fourth-order valence-corrected chi connectivity index (χ4v) is 5.89. The number of nitrogens with one attached hydrogen (secondary N) is 4. The molecule has 3 amide bonds. The average molecular weight is 784 g/mol. The number of hydrogen-bond acceptors (Lipinski definition) is 10. The van der Waals surface area contributed by atoms with E-state index in [1.54, 1.807) is 48.5 Å². The topological polar surface area (TPSA) is 238 Å². The zero-order chi connectivity index (χ0) is 38.3. The van der Waals surface area contributed by atoms with E-state index in [0.717, 1.165) is 18.3 Å². The predicted octanol–water partition coefficient (Wildman–Crippen LogP) is 3.93. The maximum atomic E-state index is 13.1. The zero-order valence-corrected chi connectivity index (χ0v) is 29.3. The van der Waals surface area contributed by atoms with E-state index in [0.29, 0.717) is 21.3 Å². The van der Waals surface area contributed by atoms with Crippen molar-refractivity contribution < 1.29 is 47.7 Å². The fourth-order valence-electron chi connectivity index (χ4n) is 4.62. The van der Waals surface area contributed by atoms with E-state index < -0.39 is 52.2 Å². The molecule has 5 rings (SSSR count). The highest BCUT2D eigenvalue weighted by atomic mass is 35.5. The molecule has 1 heterocycles. The van der Waals surface area contributed by atoms with Gasteiger partial charge in [0.25, 0.3) is 15.9 Å². The zero-order valence-electron chi connectivity index (χ0n) is 27.0. The largest absolute Gasteiger partial charge is 0.484 e. The minimum absolute atomic E-state index is 0.0109. The number of carbonyl (C=O) groups excluding carboxylic acids is 3. The minimum Gasteiger partial charge on any atom is -0.484 e. The number of amides is 3. The number of aliphatic hydroxyl groups is 2. The van der Waals surface area contributed by atoms with Crippen LogP contribution in [-0.4, -0.2) is 63.8 Å². The second-order valence-electron chi connectivity index (χ2n) is 11.0. The summed E-state index contributed by atoms with van der Waals surface area (Å²) in [5, 5.41) is 41.7. The summed E-state index contributed by atoms with van der Waals surface area (Å²) >= 11 is 11.7. The molecule has 0 aliphatic carbocycles. The minimum atomic E-state index is -4.25. The van der Waals surface area contributed by atoms with Gasteiger partial charge < -0.3 is 36.0 Å². The third-order valence-corrected chi connectivity index (χ3v) is 9.05. The predicted molar refractivity (Wildman–Crippen MR) is 192 cm³/mol. The van der Waals surface area contributed by atoms with Crippen LogP contribution >= 0.6 is 23.2 Å². The van der Waals surface area contributed by atoms with E-state index in [2.05, 4.69) is 25.8 Å². The number of ether oxygens (including phenoxy) is 1. The Morgan fingerprint density at radius 2 is 1.49 bits per heavy atom. The van der Waals surface area contributed by atoms with E-state index in [-0.39, 0.29) is 39.8 Å². The van der Waals surface area contributed by atoms with Crippen LogP contribution in [0.5, 0.6) is 5.75 Å². The van der Waals surface area contributed by atoms with Gasteiger partial charge in [0.1, 0.15) is 10.6 Å². The highest BCUT2D eigenvalue weighted by Crippen LogP contribution is 2.29. The molecule has 16 nitrogen and oxygen atoms in total. The van der Waals surface area contributed by atoms with Crippen molar-refractivity contribution in [1.29, 1.82) is 0 Å². The summed E-state index contributed by atoms with van der Waals surface area (Å²) in [5.41, 5.74) is 0.107. The third kappa shape index (κ3) is 10.1. The summed E-state index contributed by atoms with van der Waals surface area (Å²) in [6, 6.07) is 20.2. The van der Waals surface area contributed by atoms with Crippen LogP contribution in [-0.2, 0) is 31.0 Å². The Morgan fingerprint density at radius 3 is 2.15 bits per heavy atom. The number of benzene rings is 4. The number of hydrogen-bond donors (Lipinski definition) is 7. The van der Waals surface area contributed by atoms with E-state index in [4.69, 9.17) is 27.9 Å². The van der Waals surface area contributed by atoms with Gasteiger partial charge in [-0.2, -0.15) is 5.10 Å². The molecule has 5 aromatic rings. The normalized spacial score (nSPS) is 11.1. The van der Waals surface area contributed by atoms with Crippen molar-refractivity contribution in [2.24, 2.45) is 0 Å². The van der Waals surface area contributed by atoms with Gasteiger partial charge in [-0.1, -0.05) is 35.3 Å². The molecule has 0 unspecified atom stereocenters. The van der Waals surface area contributed by atoms with Crippen molar-refractivity contribution in [3.63, 3.8) is 0 Å². The van der Waals surface area contributed by atoms with E-state index >= 15 is 0 Å². The van der Waals surface area contributed by atoms with Crippen LogP contribution in [0.15, 0.2) is 102 Å². The average Bonchev–Trinajstić information content (AvgIpc) is 3.63. The van der Waals surface area contributed by atoms with Gasteiger partial charge in [-0.3, -0.25) is 19.1 Å². The highest BCUT2D eigenvalue weighted by Gasteiger charge is 2.22. The Kier molecular flexibility index (Phi) is 12.0. The number of aromatic nitrogens is 2. The number of sulfonamides is 1. The van der Waals surface area contributed by atoms with Gasteiger partial charge in [0.15, 0.2) is 12.9 Å². The first-order chi connectivity index (χ1) is 25.2. The lowest BCUT2D eigenvalue weighted by Crippen LogP contribution is -2.35. The number of carboxylic acid groups (broad SMARTS) is 1. The number of rotatable bonds is 13. The molecule has 0 fully saturated rings. The van der Waals surface area contributed by atoms with Gasteiger partial charge in [-0.15, -0.1) is 0 Å². The molecule has 0 saturated heterocycles. The van der Waals surface area contributed by atoms with E-state index in [1.807, 2.05) is 0 Å². The molecule has 0 bridgehead atoms. The van der Waals surface area contributed by atoms with Crippen molar-refractivity contribution in [3.05, 3.63) is 124 Å². The van der Waals surface area contributed by atoms with Crippen LogP contribution in [0.4, 0.5) is 17.1 Å². The molecule has 53 heavy (non-hydrogen) atoms. The molecule has 0 saturated carbocycles.